The van der Waals surface area contributed by atoms with Crippen molar-refractivity contribution in [3.63, 3.8) is 0 Å². The lowest BCUT2D eigenvalue weighted by atomic mass is 10.2. The monoisotopic (exact) mass is 283 g/mol. The van der Waals surface area contributed by atoms with Gasteiger partial charge in [-0.05, 0) is 25.0 Å². The van der Waals surface area contributed by atoms with E-state index in [9.17, 15) is 0 Å². The number of methoxy groups -OCH3 is 1. The van der Waals surface area contributed by atoms with E-state index in [1.165, 1.54) is 18.6 Å². The number of ether oxygens (including phenoxy) is 1. The van der Waals surface area contributed by atoms with Gasteiger partial charge in [-0.25, -0.2) is 0 Å². The zero-order valence-corrected chi connectivity index (χ0v) is 12.3. The second kappa shape index (κ2) is 7.37. The van der Waals surface area contributed by atoms with E-state index in [-0.39, 0.29) is 0 Å². The second-order valence-corrected chi connectivity index (χ2v) is 5.82. The Morgan fingerprint density at radius 1 is 1.26 bits per heavy atom. The smallest absolute Gasteiger partial charge is 0.322 e. The first kappa shape index (κ1) is 14.2. The van der Waals surface area contributed by atoms with Crippen LogP contribution in [0.5, 0.6) is 6.01 Å². The van der Waals surface area contributed by atoms with Crippen molar-refractivity contribution >= 4 is 23.7 Å². The Morgan fingerprint density at radius 3 is 2.68 bits per heavy atom. The number of rotatable bonds is 7. The van der Waals surface area contributed by atoms with Crippen LogP contribution in [0.3, 0.4) is 0 Å². The van der Waals surface area contributed by atoms with E-state index in [2.05, 4.69) is 32.5 Å². The molecule has 1 fully saturated rings. The first-order valence-corrected chi connectivity index (χ1v) is 7.76. The first-order valence-electron chi connectivity index (χ1n) is 6.71. The summed E-state index contributed by atoms with van der Waals surface area (Å²) >= 11 is 2.01. The summed E-state index contributed by atoms with van der Waals surface area (Å²) in [5.74, 6) is 2.41. The number of thioether (sulfide) groups is 1. The third kappa shape index (κ3) is 4.41. The number of nitrogens with one attached hydrogen (secondary N) is 2. The molecule has 0 aliphatic carbocycles. The van der Waals surface area contributed by atoms with E-state index in [0.29, 0.717) is 23.2 Å². The summed E-state index contributed by atoms with van der Waals surface area (Å²) in [6.45, 7) is 3.83. The molecule has 2 N–H and O–H groups in total. The van der Waals surface area contributed by atoms with Crippen LogP contribution in [0.4, 0.5) is 11.9 Å². The molecule has 19 heavy (non-hydrogen) atoms. The average molecular weight is 283 g/mol. The third-order valence-electron chi connectivity index (χ3n) is 2.84. The van der Waals surface area contributed by atoms with E-state index in [0.717, 1.165) is 19.5 Å². The van der Waals surface area contributed by atoms with Crippen molar-refractivity contribution in [3.05, 3.63) is 0 Å². The van der Waals surface area contributed by atoms with Gasteiger partial charge in [-0.2, -0.15) is 26.7 Å². The molecule has 0 amide bonds. The van der Waals surface area contributed by atoms with Crippen LogP contribution in [0.1, 0.15) is 26.2 Å². The summed E-state index contributed by atoms with van der Waals surface area (Å²) in [6, 6.07) is 0.343. The molecule has 1 saturated heterocycles. The summed E-state index contributed by atoms with van der Waals surface area (Å²) in [7, 11) is 1.57. The minimum atomic E-state index is 0.343. The Morgan fingerprint density at radius 2 is 2.05 bits per heavy atom. The predicted molar refractivity (Wildman–Crippen MR) is 79.1 cm³/mol. The topological polar surface area (TPSA) is 72.0 Å². The van der Waals surface area contributed by atoms with E-state index >= 15 is 0 Å². The molecule has 1 aromatic heterocycles. The minimum Gasteiger partial charge on any atom is -0.467 e. The van der Waals surface area contributed by atoms with Gasteiger partial charge >= 0.3 is 6.01 Å². The van der Waals surface area contributed by atoms with Crippen LogP contribution in [0.25, 0.3) is 0 Å². The zero-order valence-electron chi connectivity index (χ0n) is 11.5. The highest BCUT2D eigenvalue weighted by molar-refractivity contribution is 8.00. The van der Waals surface area contributed by atoms with Gasteiger partial charge in [0.05, 0.1) is 7.11 Å². The molecular weight excluding hydrogens is 262 g/mol. The highest BCUT2D eigenvalue weighted by Crippen LogP contribution is 2.26. The molecule has 2 rings (SSSR count). The molecular formula is C12H21N5OS. The Kier molecular flexibility index (Phi) is 5.50. The number of anilines is 2. The molecule has 1 unspecified atom stereocenters. The van der Waals surface area contributed by atoms with Gasteiger partial charge in [0.15, 0.2) is 0 Å². The molecule has 1 aliphatic heterocycles. The maximum absolute atomic E-state index is 5.10. The molecule has 0 aromatic carbocycles. The van der Waals surface area contributed by atoms with E-state index in [1.807, 2.05) is 11.8 Å². The van der Waals surface area contributed by atoms with Gasteiger partial charge in [-0.1, -0.05) is 6.92 Å². The lowest BCUT2D eigenvalue weighted by molar-refractivity contribution is 0.379. The quantitative estimate of drug-likeness (QED) is 0.793. The van der Waals surface area contributed by atoms with Crippen LogP contribution in [-0.4, -0.2) is 46.2 Å². The molecule has 1 aliphatic rings. The second-order valence-electron chi connectivity index (χ2n) is 4.41. The van der Waals surface area contributed by atoms with Crippen molar-refractivity contribution in [3.8, 4) is 6.01 Å². The summed E-state index contributed by atoms with van der Waals surface area (Å²) in [5.41, 5.74) is 0. The lowest BCUT2D eigenvalue weighted by Crippen LogP contribution is -2.17. The maximum Gasteiger partial charge on any atom is 0.322 e. The van der Waals surface area contributed by atoms with Crippen molar-refractivity contribution in [2.24, 2.45) is 0 Å². The summed E-state index contributed by atoms with van der Waals surface area (Å²) in [4.78, 5) is 12.7. The molecule has 2 heterocycles. The fourth-order valence-electron chi connectivity index (χ4n) is 1.85. The van der Waals surface area contributed by atoms with Crippen molar-refractivity contribution < 1.29 is 4.74 Å². The summed E-state index contributed by atoms with van der Waals surface area (Å²) in [6.07, 6.45) is 3.59. The van der Waals surface area contributed by atoms with Gasteiger partial charge in [0.25, 0.3) is 0 Å². The molecule has 0 bridgehead atoms. The molecule has 1 atom stereocenters. The fourth-order valence-corrected chi connectivity index (χ4v) is 3.05. The van der Waals surface area contributed by atoms with Crippen LogP contribution in [0.15, 0.2) is 0 Å². The van der Waals surface area contributed by atoms with Gasteiger partial charge in [0, 0.05) is 18.3 Å². The molecule has 0 spiro atoms. The molecule has 1 aromatic rings. The largest absolute Gasteiger partial charge is 0.467 e. The minimum absolute atomic E-state index is 0.343. The Hall–Kier alpha value is -1.24. The van der Waals surface area contributed by atoms with Crippen LogP contribution in [0.2, 0.25) is 0 Å². The van der Waals surface area contributed by atoms with Crippen molar-refractivity contribution in [2.75, 3.05) is 36.6 Å². The van der Waals surface area contributed by atoms with Gasteiger partial charge in [-0.3, -0.25) is 0 Å². The van der Waals surface area contributed by atoms with E-state index in [4.69, 9.17) is 4.74 Å². The van der Waals surface area contributed by atoms with Crippen LogP contribution < -0.4 is 15.4 Å². The molecule has 0 radical (unpaired) electrons. The number of aromatic nitrogens is 3. The van der Waals surface area contributed by atoms with Crippen molar-refractivity contribution in [2.45, 2.75) is 31.4 Å². The first-order chi connectivity index (χ1) is 9.31. The van der Waals surface area contributed by atoms with Crippen molar-refractivity contribution in [1.29, 1.82) is 0 Å². The highest BCUT2D eigenvalue weighted by atomic mass is 32.2. The Labute approximate surface area is 118 Å². The van der Waals surface area contributed by atoms with Crippen LogP contribution in [-0.2, 0) is 0 Å². The summed E-state index contributed by atoms with van der Waals surface area (Å²) < 4.78 is 5.10. The van der Waals surface area contributed by atoms with Crippen molar-refractivity contribution in [1.82, 2.24) is 15.0 Å². The SMILES string of the molecule is CCCNc1nc(NCC2CCCS2)nc(OC)n1. The zero-order chi connectivity index (χ0) is 13.5. The predicted octanol–water partition coefficient (Wildman–Crippen LogP) is 2.01. The van der Waals surface area contributed by atoms with Gasteiger partial charge in [0.1, 0.15) is 0 Å². The van der Waals surface area contributed by atoms with Gasteiger partial charge in [0.2, 0.25) is 11.9 Å². The Balaban J connectivity index is 1.96. The highest BCUT2D eigenvalue weighted by Gasteiger charge is 2.16. The van der Waals surface area contributed by atoms with Gasteiger partial charge in [-0.15, -0.1) is 0 Å². The van der Waals surface area contributed by atoms with Gasteiger partial charge < -0.3 is 15.4 Å². The number of nitrogens with zero attached hydrogens (tertiary/aromatic N) is 3. The molecule has 106 valence electrons. The van der Waals surface area contributed by atoms with Crippen LogP contribution in [0, 0.1) is 0 Å². The molecule has 0 saturated carbocycles. The number of hydrogen-bond donors (Lipinski definition) is 2. The third-order valence-corrected chi connectivity index (χ3v) is 4.24. The number of hydrogen-bond acceptors (Lipinski definition) is 7. The Bertz CT molecular complexity index is 398. The van der Waals surface area contributed by atoms with Crippen LogP contribution >= 0.6 is 11.8 Å². The van der Waals surface area contributed by atoms with E-state index < -0.39 is 0 Å². The average Bonchev–Trinajstić information content (AvgIpc) is 2.96. The molecule has 7 heteroatoms. The van der Waals surface area contributed by atoms with E-state index in [1.54, 1.807) is 7.11 Å². The molecule has 6 nitrogen and oxygen atoms in total. The fraction of sp³-hybridized carbons (Fsp3) is 0.750. The summed E-state index contributed by atoms with van der Waals surface area (Å²) in [5, 5.41) is 7.09. The maximum atomic E-state index is 5.10. The normalized spacial score (nSPS) is 18.3. The lowest BCUT2D eigenvalue weighted by Gasteiger charge is -2.11. The standard InChI is InChI=1S/C12H21N5OS/c1-3-6-13-10-15-11(17-12(16-10)18-2)14-8-9-5-4-7-19-9/h9H,3-8H2,1-2H3,(H2,13,14,15,16,17).